The zero-order chi connectivity index (χ0) is 15.4. The lowest BCUT2D eigenvalue weighted by atomic mass is 9.83. The summed E-state index contributed by atoms with van der Waals surface area (Å²) in [6, 6.07) is 11.8. The molecular weight excluding hydrogens is 256 g/mol. The maximum atomic E-state index is 6.64. The fraction of sp³-hybridized carbons (Fsp3) is 0.684. The molecule has 0 saturated heterocycles. The Labute approximate surface area is 130 Å². The fourth-order valence-electron chi connectivity index (χ4n) is 4.03. The Morgan fingerprint density at radius 1 is 1.14 bits per heavy atom. The lowest BCUT2D eigenvalue weighted by Gasteiger charge is -2.43. The van der Waals surface area contributed by atoms with Crippen molar-refractivity contribution in [2.75, 3.05) is 7.05 Å². The third-order valence-electron chi connectivity index (χ3n) is 5.19. The van der Waals surface area contributed by atoms with E-state index in [0.29, 0.717) is 18.0 Å². The second kappa shape index (κ2) is 7.42. The van der Waals surface area contributed by atoms with Crippen LogP contribution in [0, 0.1) is 11.8 Å². The molecule has 0 aromatic heterocycles. The molecule has 0 aliphatic heterocycles. The summed E-state index contributed by atoms with van der Waals surface area (Å²) in [4.78, 5) is 2.58. The second-order valence-corrected chi connectivity index (χ2v) is 7.26. The van der Waals surface area contributed by atoms with E-state index >= 15 is 0 Å². The van der Waals surface area contributed by atoms with Crippen molar-refractivity contribution in [3.63, 3.8) is 0 Å². The molecule has 0 radical (unpaired) electrons. The Morgan fingerprint density at radius 2 is 1.81 bits per heavy atom. The van der Waals surface area contributed by atoms with E-state index in [1.807, 2.05) is 0 Å². The third kappa shape index (κ3) is 4.08. The highest BCUT2D eigenvalue weighted by molar-refractivity contribution is 5.20. The van der Waals surface area contributed by atoms with Gasteiger partial charge < -0.3 is 5.73 Å². The Hall–Kier alpha value is -0.860. The molecule has 4 atom stereocenters. The maximum Gasteiger partial charge on any atom is 0.0455 e. The van der Waals surface area contributed by atoms with E-state index in [2.05, 4.69) is 63.1 Å². The van der Waals surface area contributed by atoms with Crippen LogP contribution in [-0.2, 0) is 0 Å². The van der Waals surface area contributed by atoms with Gasteiger partial charge >= 0.3 is 0 Å². The predicted octanol–water partition coefficient (Wildman–Crippen LogP) is 4.22. The van der Waals surface area contributed by atoms with Gasteiger partial charge in [0.15, 0.2) is 0 Å². The highest BCUT2D eigenvalue weighted by atomic mass is 15.2. The minimum absolute atomic E-state index is 0.0911. The van der Waals surface area contributed by atoms with E-state index in [1.165, 1.54) is 31.2 Å². The average molecular weight is 288 g/mol. The van der Waals surface area contributed by atoms with Crippen molar-refractivity contribution in [1.29, 1.82) is 0 Å². The van der Waals surface area contributed by atoms with Crippen LogP contribution in [0.5, 0.6) is 0 Å². The molecule has 1 fully saturated rings. The van der Waals surface area contributed by atoms with Gasteiger partial charge in [-0.3, -0.25) is 4.90 Å². The molecule has 2 N–H and O–H groups in total. The number of nitrogens with zero attached hydrogens (tertiary/aromatic N) is 1. The van der Waals surface area contributed by atoms with Crippen LogP contribution in [0.3, 0.4) is 0 Å². The molecule has 0 heterocycles. The second-order valence-electron chi connectivity index (χ2n) is 7.26. The number of rotatable bonds is 5. The first kappa shape index (κ1) is 16.5. The molecule has 1 aromatic rings. The van der Waals surface area contributed by atoms with Crippen molar-refractivity contribution < 1.29 is 0 Å². The largest absolute Gasteiger partial charge is 0.323 e. The Bertz CT molecular complexity index is 415. The molecule has 0 amide bonds. The van der Waals surface area contributed by atoms with E-state index in [4.69, 9.17) is 5.73 Å². The molecule has 1 saturated carbocycles. The fourth-order valence-corrected chi connectivity index (χ4v) is 4.03. The summed E-state index contributed by atoms with van der Waals surface area (Å²) in [5, 5.41) is 0. The summed E-state index contributed by atoms with van der Waals surface area (Å²) < 4.78 is 0. The van der Waals surface area contributed by atoms with E-state index in [0.717, 1.165) is 5.92 Å². The minimum Gasteiger partial charge on any atom is -0.323 e. The molecule has 0 bridgehead atoms. The van der Waals surface area contributed by atoms with Crippen LogP contribution in [0.2, 0.25) is 0 Å². The van der Waals surface area contributed by atoms with E-state index in [-0.39, 0.29) is 6.04 Å². The summed E-state index contributed by atoms with van der Waals surface area (Å²) >= 11 is 0. The number of likely N-dealkylation sites (N-methyl/N-ethyl adjacent to an activating group) is 1. The van der Waals surface area contributed by atoms with Crippen molar-refractivity contribution in [2.24, 2.45) is 17.6 Å². The van der Waals surface area contributed by atoms with Gasteiger partial charge in [0.05, 0.1) is 0 Å². The van der Waals surface area contributed by atoms with Gasteiger partial charge in [0.25, 0.3) is 0 Å². The lowest BCUT2D eigenvalue weighted by Crippen LogP contribution is -2.50. The quantitative estimate of drug-likeness (QED) is 0.879. The van der Waals surface area contributed by atoms with Gasteiger partial charge in [-0.1, -0.05) is 63.9 Å². The van der Waals surface area contributed by atoms with Crippen molar-refractivity contribution >= 4 is 0 Å². The van der Waals surface area contributed by atoms with Crippen molar-refractivity contribution in [1.82, 2.24) is 4.90 Å². The molecule has 2 heteroatoms. The predicted molar refractivity (Wildman–Crippen MR) is 91.2 cm³/mol. The molecule has 21 heavy (non-hydrogen) atoms. The molecule has 1 aromatic carbocycles. The van der Waals surface area contributed by atoms with E-state index in [1.54, 1.807) is 0 Å². The number of benzene rings is 1. The number of hydrogen-bond acceptors (Lipinski definition) is 2. The summed E-state index contributed by atoms with van der Waals surface area (Å²) in [6.07, 6.45) is 5.40. The molecule has 2 rings (SSSR count). The monoisotopic (exact) mass is 288 g/mol. The zero-order valence-corrected chi connectivity index (χ0v) is 14.1. The van der Waals surface area contributed by atoms with E-state index < -0.39 is 0 Å². The molecule has 118 valence electrons. The lowest BCUT2D eigenvalue weighted by molar-refractivity contribution is 0.0774. The third-order valence-corrected chi connectivity index (χ3v) is 5.19. The maximum absolute atomic E-state index is 6.64. The van der Waals surface area contributed by atoms with Gasteiger partial charge in [-0.25, -0.2) is 0 Å². The molecule has 2 nitrogen and oxygen atoms in total. The van der Waals surface area contributed by atoms with Crippen LogP contribution in [0.1, 0.15) is 58.1 Å². The van der Waals surface area contributed by atoms with Crippen LogP contribution >= 0.6 is 0 Å². The topological polar surface area (TPSA) is 29.3 Å². The van der Waals surface area contributed by atoms with E-state index in [9.17, 15) is 0 Å². The highest BCUT2D eigenvalue weighted by Gasteiger charge is 2.32. The average Bonchev–Trinajstić information content (AvgIpc) is 2.47. The molecule has 0 spiro atoms. The zero-order valence-electron chi connectivity index (χ0n) is 14.1. The molecule has 4 unspecified atom stereocenters. The number of hydrogen-bond donors (Lipinski definition) is 1. The minimum atomic E-state index is 0.0911. The van der Waals surface area contributed by atoms with Crippen LogP contribution in [0.15, 0.2) is 30.3 Å². The van der Waals surface area contributed by atoms with Crippen molar-refractivity contribution in [2.45, 2.75) is 64.6 Å². The van der Waals surface area contributed by atoms with Crippen LogP contribution in [-0.4, -0.2) is 24.0 Å². The Balaban J connectivity index is 2.14. The smallest absolute Gasteiger partial charge is 0.0455 e. The normalized spacial score (nSPS) is 26.0. The van der Waals surface area contributed by atoms with Crippen LogP contribution in [0.25, 0.3) is 0 Å². The summed E-state index contributed by atoms with van der Waals surface area (Å²) in [5.41, 5.74) is 7.90. The van der Waals surface area contributed by atoms with Crippen molar-refractivity contribution in [3.05, 3.63) is 35.9 Å². The summed E-state index contributed by atoms with van der Waals surface area (Å²) in [5.74, 6) is 1.41. The highest BCUT2D eigenvalue weighted by Crippen LogP contribution is 2.32. The van der Waals surface area contributed by atoms with Gasteiger partial charge in [0, 0.05) is 18.1 Å². The van der Waals surface area contributed by atoms with Gasteiger partial charge in [0.1, 0.15) is 0 Å². The van der Waals surface area contributed by atoms with Gasteiger partial charge in [-0.2, -0.15) is 0 Å². The van der Waals surface area contributed by atoms with Gasteiger partial charge in [-0.15, -0.1) is 0 Å². The first-order valence-electron chi connectivity index (χ1n) is 8.53. The molecular formula is C19H32N2. The molecule has 1 aliphatic carbocycles. The van der Waals surface area contributed by atoms with Crippen LogP contribution in [0.4, 0.5) is 0 Å². The first-order chi connectivity index (χ1) is 10.0. The van der Waals surface area contributed by atoms with Crippen molar-refractivity contribution in [3.8, 4) is 0 Å². The van der Waals surface area contributed by atoms with Gasteiger partial charge in [0.2, 0.25) is 0 Å². The Morgan fingerprint density at radius 3 is 2.38 bits per heavy atom. The SMILES string of the molecule is CC1CCCC(N(C)C(C(C)C)C(N)c2ccccc2)C1. The Kier molecular flexibility index (Phi) is 5.83. The first-order valence-corrected chi connectivity index (χ1v) is 8.53. The summed E-state index contributed by atoms with van der Waals surface area (Å²) in [7, 11) is 2.29. The standard InChI is InChI=1S/C19H32N2/c1-14(2)19(18(20)16-10-6-5-7-11-16)21(4)17-12-8-9-15(3)13-17/h5-7,10-11,14-15,17-19H,8-9,12-13,20H2,1-4H3. The van der Waals surface area contributed by atoms with Gasteiger partial charge in [-0.05, 0) is 37.3 Å². The summed E-state index contributed by atoms with van der Waals surface area (Å²) in [6.45, 7) is 6.99. The van der Waals surface area contributed by atoms with Crippen LogP contribution < -0.4 is 5.73 Å². The molecule has 1 aliphatic rings. The number of nitrogens with two attached hydrogens (primary N) is 1.